The number of carbonyl (C=O) groups excluding carboxylic acids is 2. The first-order valence-electron chi connectivity index (χ1n) is 13.6. The van der Waals surface area contributed by atoms with Gasteiger partial charge >= 0.3 is 0 Å². The van der Waals surface area contributed by atoms with Crippen LogP contribution in [-0.4, -0.2) is 45.8 Å². The van der Waals surface area contributed by atoms with Crippen LogP contribution < -0.4 is 0 Å². The highest BCUT2D eigenvalue weighted by atomic mass is 16.7. The first-order valence-corrected chi connectivity index (χ1v) is 13.6. The van der Waals surface area contributed by atoms with E-state index in [1.54, 1.807) is 11.5 Å². The first-order chi connectivity index (χ1) is 18.5. The molecule has 200 valence electrons. The number of aliphatic hydroxyl groups is 1. The van der Waals surface area contributed by atoms with Crippen molar-refractivity contribution in [1.82, 2.24) is 9.47 Å². The molecule has 7 nitrogen and oxygen atoms in total. The van der Waals surface area contributed by atoms with Crippen LogP contribution in [0, 0.1) is 0 Å². The summed E-state index contributed by atoms with van der Waals surface area (Å²) in [6.45, 7) is 3.34. The highest BCUT2D eigenvalue weighted by Crippen LogP contribution is 2.37. The molecule has 7 heteroatoms. The second-order valence-corrected chi connectivity index (χ2v) is 10.3. The maximum absolute atomic E-state index is 13.7. The number of ether oxygens (including phenoxy) is 2. The molecule has 0 bridgehead atoms. The molecule has 2 aliphatic heterocycles. The molecule has 1 aromatic heterocycles. The van der Waals surface area contributed by atoms with Gasteiger partial charge in [0, 0.05) is 43.9 Å². The third-order valence-corrected chi connectivity index (χ3v) is 7.53. The zero-order chi connectivity index (χ0) is 26.5. The minimum absolute atomic E-state index is 0.00478. The summed E-state index contributed by atoms with van der Waals surface area (Å²) in [5.74, 6) is 0.0270. The number of fused-ring (bicyclic) bond motifs is 1. The van der Waals surface area contributed by atoms with Gasteiger partial charge in [-0.15, -0.1) is 0 Å². The summed E-state index contributed by atoms with van der Waals surface area (Å²) in [4.78, 5) is 28.0. The molecule has 2 unspecified atom stereocenters. The van der Waals surface area contributed by atoms with Crippen LogP contribution in [-0.2, 0) is 27.5 Å². The fourth-order valence-corrected chi connectivity index (χ4v) is 5.43. The van der Waals surface area contributed by atoms with E-state index < -0.39 is 6.29 Å². The van der Waals surface area contributed by atoms with E-state index in [2.05, 4.69) is 0 Å². The molecule has 38 heavy (non-hydrogen) atoms. The average molecular weight is 517 g/mol. The SMILES string of the molecule is CC(=O)n1cc(C2C=C(C(=O)N3CCCCCCC3)OC(OCc3ccc(CO)cc3)C2)c2ccccc21. The van der Waals surface area contributed by atoms with Crippen LogP contribution in [0.25, 0.3) is 10.9 Å². The van der Waals surface area contributed by atoms with Gasteiger partial charge in [0.05, 0.1) is 18.7 Å². The maximum Gasteiger partial charge on any atom is 0.288 e. The standard InChI is InChI=1S/C31H36N2O5/c1-22(35)33-19-27(26-9-5-6-10-28(26)33)25-17-29(31(36)32-15-7-3-2-4-8-16-32)38-30(18-25)37-21-24-13-11-23(20-34)12-14-24/h5-6,9-14,17,19,25,30,34H,2-4,7-8,15-16,18,20-21H2,1H3. The Kier molecular flexibility index (Phi) is 8.25. The zero-order valence-corrected chi connectivity index (χ0v) is 22.0. The average Bonchev–Trinajstić information content (AvgIpc) is 3.32. The number of aromatic nitrogens is 1. The molecule has 0 radical (unpaired) electrons. The Morgan fingerprint density at radius 2 is 1.66 bits per heavy atom. The molecule has 5 rings (SSSR count). The Labute approximate surface area is 223 Å². The van der Waals surface area contributed by atoms with E-state index in [1.807, 2.05) is 65.7 Å². The van der Waals surface area contributed by atoms with Crippen molar-refractivity contribution in [3.05, 3.63) is 83.3 Å². The van der Waals surface area contributed by atoms with Gasteiger partial charge in [0.2, 0.25) is 12.2 Å². The van der Waals surface area contributed by atoms with Crippen molar-refractivity contribution in [3.8, 4) is 0 Å². The number of aliphatic hydroxyl groups excluding tert-OH is 1. The van der Waals surface area contributed by atoms with Crippen molar-refractivity contribution in [1.29, 1.82) is 0 Å². The predicted molar refractivity (Wildman–Crippen MR) is 145 cm³/mol. The van der Waals surface area contributed by atoms with E-state index in [4.69, 9.17) is 9.47 Å². The maximum atomic E-state index is 13.7. The number of para-hydroxylation sites is 1. The molecule has 1 N–H and O–H groups in total. The topological polar surface area (TPSA) is 81.0 Å². The summed E-state index contributed by atoms with van der Waals surface area (Å²) in [5, 5.41) is 10.3. The second-order valence-electron chi connectivity index (χ2n) is 10.3. The first kappa shape index (κ1) is 26.2. The number of likely N-dealkylation sites (tertiary alicyclic amines) is 1. The van der Waals surface area contributed by atoms with Gasteiger partial charge in [-0.2, -0.15) is 0 Å². The predicted octanol–water partition coefficient (Wildman–Crippen LogP) is 5.52. The minimum Gasteiger partial charge on any atom is -0.459 e. The molecule has 3 heterocycles. The summed E-state index contributed by atoms with van der Waals surface area (Å²) in [7, 11) is 0. The third-order valence-electron chi connectivity index (χ3n) is 7.53. The molecular weight excluding hydrogens is 480 g/mol. The van der Waals surface area contributed by atoms with Crippen LogP contribution in [0.5, 0.6) is 0 Å². The van der Waals surface area contributed by atoms with E-state index in [0.717, 1.165) is 66.4 Å². The van der Waals surface area contributed by atoms with Crippen molar-refractivity contribution < 1.29 is 24.2 Å². The quantitative estimate of drug-likeness (QED) is 0.467. The lowest BCUT2D eigenvalue weighted by Crippen LogP contribution is -2.38. The lowest BCUT2D eigenvalue weighted by Gasteiger charge is -2.32. The minimum atomic E-state index is -0.615. The summed E-state index contributed by atoms with van der Waals surface area (Å²) in [6, 6.07) is 15.5. The van der Waals surface area contributed by atoms with Gasteiger partial charge in [-0.25, -0.2) is 0 Å². The number of benzene rings is 2. The summed E-state index contributed by atoms with van der Waals surface area (Å²) in [6.07, 6.45) is 9.21. The fourth-order valence-electron chi connectivity index (χ4n) is 5.43. The number of allylic oxidation sites excluding steroid dienone is 1. The fraction of sp³-hybridized carbons (Fsp3) is 0.419. The van der Waals surface area contributed by atoms with Gasteiger partial charge in [-0.3, -0.25) is 14.2 Å². The van der Waals surface area contributed by atoms with E-state index in [-0.39, 0.29) is 24.3 Å². The lowest BCUT2D eigenvalue weighted by molar-refractivity contribution is -0.156. The smallest absolute Gasteiger partial charge is 0.288 e. The Hall–Kier alpha value is -3.42. The molecule has 0 aliphatic carbocycles. The van der Waals surface area contributed by atoms with Gasteiger partial charge in [-0.1, -0.05) is 61.7 Å². The van der Waals surface area contributed by atoms with Gasteiger partial charge in [-0.05, 0) is 41.7 Å². The highest BCUT2D eigenvalue weighted by molar-refractivity contribution is 5.95. The summed E-state index contributed by atoms with van der Waals surface area (Å²) < 4.78 is 14.1. The molecule has 1 saturated heterocycles. The van der Waals surface area contributed by atoms with Crippen LogP contribution >= 0.6 is 0 Å². The second kappa shape index (κ2) is 12.0. The molecule has 2 aromatic carbocycles. The zero-order valence-electron chi connectivity index (χ0n) is 22.0. The van der Waals surface area contributed by atoms with E-state index >= 15 is 0 Å². The van der Waals surface area contributed by atoms with Crippen molar-refractivity contribution in [2.45, 2.75) is 70.9 Å². The van der Waals surface area contributed by atoms with Crippen LogP contribution in [0.4, 0.5) is 0 Å². The third kappa shape index (κ3) is 5.84. The van der Waals surface area contributed by atoms with E-state index in [1.165, 1.54) is 6.42 Å². The summed E-state index contributed by atoms with van der Waals surface area (Å²) >= 11 is 0. The molecule has 0 saturated carbocycles. The van der Waals surface area contributed by atoms with Crippen molar-refractivity contribution in [3.63, 3.8) is 0 Å². The molecular formula is C31H36N2O5. The van der Waals surface area contributed by atoms with E-state index in [0.29, 0.717) is 18.8 Å². The molecule has 3 aromatic rings. The molecule has 1 fully saturated rings. The summed E-state index contributed by atoms with van der Waals surface area (Å²) in [5.41, 5.74) is 3.64. The van der Waals surface area contributed by atoms with Gasteiger partial charge in [0.25, 0.3) is 5.91 Å². The van der Waals surface area contributed by atoms with E-state index in [9.17, 15) is 14.7 Å². The van der Waals surface area contributed by atoms with Crippen LogP contribution in [0.3, 0.4) is 0 Å². The van der Waals surface area contributed by atoms with Gasteiger partial charge < -0.3 is 19.5 Å². The highest BCUT2D eigenvalue weighted by Gasteiger charge is 2.32. The van der Waals surface area contributed by atoms with Crippen LogP contribution in [0.15, 0.2) is 66.6 Å². The Bertz CT molecular complexity index is 1300. The normalized spacial score (nSPS) is 20.4. The van der Waals surface area contributed by atoms with Crippen molar-refractivity contribution in [2.24, 2.45) is 0 Å². The lowest BCUT2D eigenvalue weighted by atomic mass is 9.92. The number of amides is 1. The number of carbonyl (C=O) groups is 2. The van der Waals surface area contributed by atoms with Gasteiger partial charge in [0.15, 0.2) is 5.76 Å². The monoisotopic (exact) mass is 516 g/mol. The van der Waals surface area contributed by atoms with Crippen LogP contribution in [0.2, 0.25) is 0 Å². The Morgan fingerprint density at radius 3 is 2.37 bits per heavy atom. The van der Waals surface area contributed by atoms with Gasteiger partial charge in [0.1, 0.15) is 0 Å². The van der Waals surface area contributed by atoms with Crippen molar-refractivity contribution >= 4 is 22.7 Å². The largest absolute Gasteiger partial charge is 0.459 e. The number of hydrogen-bond donors (Lipinski definition) is 1. The van der Waals surface area contributed by atoms with Crippen LogP contribution in [0.1, 0.15) is 72.9 Å². The van der Waals surface area contributed by atoms with Crippen molar-refractivity contribution in [2.75, 3.05) is 13.1 Å². The molecule has 1 amide bonds. The number of nitrogens with zero attached hydrogens (tertiary/aromatic N) is 2. The Balaban J connectivity index is 1.44. The molecule has 2 atom stereocenters. The molecule has 0 spiro atoms. The molecule has 2 aliphatic rings. The Morgan fingerprint density at radius 1 is 0.974 bits per heavy atom. The number of hydrogen-bond acceptors (Lipinski definition) is 5. The number of rotatable bonds is 6.